The average Bonchev–Trinajstić information content (AvgIpc) is 3.54. The molecule has 3 heterocycles. The number of nitrogens with zero attached hydrogens (tertiary/aromatic N) is 1. The van der Waals surface area contributed by atoms with Gasteiger partial charge in [0.25, 0.3) is 0 Å². The predicted octanol–water partition coefficient (Wildman–Crippen LogP) is 4.73. The van der Waals surface area contributed by atoms with E-state index >= 15 is 0 Å². The predicted molar refractivity (Wildman–Crippen MR) is 133 cm³/mol. The molecule has 1 aromatic heterocycles. The number of carbonyl (C=O) groups excluding carboxylic acids is 2. The van der Waals surface area contributed by atoms with Crippen molar-refractivity contribution >= 4 is 40.6 Å². The summed E-state index contributed by atoms with van der Waals surface area (Å²) in [6.45, 7) is 4.13. The van der Waals surface area contributed by atoms with Gasteiger partial charge in [0, 0.05) is 16.0 Å². The van der Waals surface area contributed by atoms with Crippen LogP contribution in [0.4, 0.5) is 5.69 Å². The lowest BCUT2D eigenvalue weighted by Gasteiger charge is -2.43. The normalized spacial score (nSPS) is 33.2. The second-order valence-electron chi connectivity index (χ2n) is 10.2. The smallest absolute Gasteiger partial charge is 0.305 e. The first-order chi connectivity index (χ1) is 16.4. The monoisotopic (exact) mass is 488 g/mol. The maximum absolute atomic E-state index is 13.8. The van der Waals surface area contributed by atoms with Gasteiger partial charge in [-0.2, -0.15) is 0 Å². The lowest BCUT2D eigenvalue weighted by atomic mass is 9.67. The molecule has 2 aromatic carbocycles. The van der Waals surface area contributed by atoms with Crippen LogP contribution in [0.5, 0.6) is 0 Å². The Morgan fingerprint density at radius 1 is 0.912 bits per heavy atom. The summed E-state index contributed by atoms with van der Waals surface area (Å²) in [5.74, 6) is 0.0363. The molecule has 5 unspecified atom stereocenters. The van der Waals surface area contributed by atoms with Crippen LogP contribution in [-0.2, 0) is 9.59 Å². The van der Waals surface area contributed by atoms with E-state index < -0.39 is 0 Å². The molecule has 2 saturated carbocycles. The number of imide groups is 1. The number of aryl methyl sites for hydroxylation is 2. The first-order valence-electron chi connectivity index (χ1n) is 11.8. The third-order valence-electron chi connectivity index (χ3n) is 8.54. The van der Waals surface area contributed by atoms with Crippen molar-refractivity contribution in [3.63, 3.8) is 0 Å². The third kappa shape index (κ3) is 2.65. The Labute approximate surface area is 205 Å². The highest BCUT2D eigenvalue weighted by atomic mass is 32.2. The van der Waals surface area contributed by atoms with Crippen LogP contribution in [0.1, 0.15) is 33.9 Å². The van der Waals surface area contributed by atoms with E-state index in [1.165, 1.54) is 27.4 Å². The molecule has 1 saturated heterocycles. The van der Waals surface area contributed by atoms with Crippen molar-refractivity contribution in [2.45, 2.75) is 36.5 Å². The van der Waals surface area contributed by atoms with E-state index in [1.54, 1.807) is 11.8 Å². The van der Waals surface area contributed by atoms with Crippen molar-refractivity contribution in [3.8, 4) is 0 Å². The Kier molecular flexibility index (Phi) is 4.38. The number of fused-ring (bicyclic) bond motifs is 9. The lowest BCUT2D eigenvalue weighted by molar-refractivity contribution is -0.123. The molecular formula is C27H24N2O3S2. The van der Waals surface area contributed by atoms with Crippen molar-refractivity contribution in [2.75, 3.05) is 4.90 Å². The van der Waals surface area contributed by atoms with Crippen molar-refractivity contribution in [2.24, 2.45) is 29.6 Å². The number of anilines is 1. The molecule has 2 aliphatic heterocycles. The van der Waals surface area contributed by atoms with Gasteiger partial charge in [-0.25, -0.2) is 0 Å². The highest BCUT2D eigenvalue weighted by Gasteiger charge is 2.69. The molecule has 2 bridgehead atoms. The highest BCUT2D eigenvalue weighted by molar-refractivity contribution is 8.00. The number of thiazole rings is 1. The minimum absolute atomic E-state index is 0.0266. The number of nitrogens with one attached hydrogen (secondary N) is 1. The molecule has 0 spiro atoms. The maximum Gasteiger partial charge on any atom is 0.305 e. The zero-order valence-electron chi connectivity index (χ0n) is 18.9. The zero-order valence-corrected chi connectivity index (χ0v) is 20.5. The first-order valence-corrected chi connectivity index (χ1v) is 13.5. The fourth-order valence-corrected chi connectivity index (χ4v) is 10.1. The van der Waals surface area contributed by atoms with E-state index in [-0.39, 0.29) is 57.4 Å². The van der Waals surface area contributed by atoms with Crippen LogP contribution in [0.2, 0.25) is 0 Å². The average molecular weight is 489 g/mol. The van der Waals surface area contributed by atoms with Gasteiger partial charge < -0.3 is 4.98 Å². The van der Waals surface area contributed by atoms with Crippen LogP contribution in [-0.4, -0.2) is 22.0 Å². The van der Waals surface area contributed by atoms with Crippen molar-refractivity contribution in [3.05, 3.63) is 79.8 Å². The second-order valence-corrected chi connectivity index (χ2v) is 12.4. The standard InChI is InChI=1S/C27H24N2O3S2/c1-12-7-9-14(10-8-12)29-25(30)20-16-11-17(21(20)26(29)31)22-19(16)18(15-6-4-3-5-13(15)2)23-24(33-22)28-27(32)34-23/h3-10,16-22H,11H2,1-2H3,(H,28,32)/t16-,17-,18?,19?,20?,21?,22?/m1/s1. The van der Waals surface area contributed by atoms with Crippen LogP contribution in [0.25, 0.3) is 0 Å². The van der Waals surface area contributed by atoms with E-state index in [1.807, 2.05) is 37.3 Å². The first kappa shape index (κ1) is 20.7. The van der Waals surface area contributed by atoms with Crippen molar-refractivity contribution < 1.29 is 9.59 Å². The SMILES string of the molecule is Cc1ccc(N2C(=O)C3C(C2=O)[C@@H]2C[C@H]3C3Sc4[nH]c(=O)sc4C(c4ccccc4C)C32)cc1. The van der Waals surface area contributed by atoms with Gasteiger partial charge in [0.15, 0.2) is 0 Å². The summed E-state index contributed by atoms with van der Waals surface area (Å²) in [6.07, 6.45) is 0.915. The number of H-pyrrole nitrogens is 1. The number of hydrogen-bond acceptors (Lipinski definition) is 5. The van der Waals surface area contributed by atoms with Crippen molar-refractivity contribution in [1.29, 1.82) is 0 Å². The minimum atomic E-state index is -0.260. The van der Waals surface area contributed by atoms with E-state index in [4.69, 9.17) is 0 Å². The van der Waals surface area contributed by atoms with Crippen LogP contribution in [0.15, 0.2) is 58.4 Å². The van der Waals surface area contributed by atoms with Crippen LogP contribution < -0.4 is 9.77 Å². The van der Waals surface area contributed by atoms with Gasteiger partial charge in [0.2, 0.25) is 11.8 Å². The van der Waals surface area contributed by atoms with Crippen molar-refractivity contribution in [1.82, 2.24) is 4.98 Å². The van der Waals surface area contributed by atoms with Gasteiger partial charge >= 0.3 is 4.87 Å². The molecular weight excluding hydrogens is 464 g/mol. The van der Waals surface area contributed by atoms with E-state index in [0.29, 0.717) is 5.69 Å². The largest absolute Gasteiger partial charge is 0.307 e. The summed E-state index contributed by atoms with van der Waals surface area (Å²) in [5, 5.41) is 1.18. The number of amides is 2. The van der Waals surface area contributed by atoms with Gasteiger partial charge in [0.05, 0.1) is 22.5 Å². The van der Waals surface area contributed by atoms with E-state index in [0.717, 1.165) is 21.9 Å². The molecule has 3 fully saturated rings. The number of benzene rings is 2. The Bertz CT molecular complexity index is 1410. The summed E-state index contributed by atoms with van der Waals surface area (Å²) in [4.78, 5) is 45.4. The maximum atomic E-state index is 13.8. The van der Waals surface area contributed by atoms with E-state index in [9.17, 15) is 14.4 Å². The van der Waals surface area contributed by atoms with Gasteiger partial charge in [-0.15, -0.1) is 11.8 Å². The van der Waals surface area contributed by atoms with E-state index in [2.05, 4.69) is 30.1 Å². The number of thioether (sulfide) groups is 1. The molecule has 34 heavy (non-hydrogen) atoms. The molecule has 0 radical (unpaired) electrons. The number of hydrogen-bond donors (Lipinski definition) is 1. The quantitative estimate of drug-likeness (QED) is 0.530. The molecule has 172 valence electrons. The molecule has 5 nitrogen and oxygen atoms in total. The molecule has 3 aromatic rings. The summed E-state index contributed by atoms with van der Waals surface area (Å²) < 4.78 is 0. The summed E-state index contributed by atoms with van der Waals surface area (Å²) in [7, 11) is 0. The molecule has 1 N–H and O–H groups in total. The Morgan fingerprint density at radius 2 is 1.62 bits per heavy atom. The number of aromatic amines is 1. The summed E-state index contributed by atoms with van der Waals surface area (Å²) >= 11 is 3.05. The Balaban J connectivity index is 1.34. The minimum Gasteiger partial charge on any atom is -0.307 e. The van der Waals surface area contributed by atoms with Gasteiger partial charge in [-0.1, -0.05) is 53.3 Å². The molecule has 7 rings (SSSR count). The zero-order chi connectivity index (χ0) is 23.3. The fraction of sp³-hybridized carbons (Fsp3) is 0.370. The molecule has 2 amide bonds. The van der Waals surface area contributed by atoms with Crippen LogP contribution in [0, 0.1) is 43.4 Å². The number of aromatic nitrogens is 1. The fourth-order valence-electron chi connectivity index (χ4n) is 7.25. The molecule has 7 atom stereocenters. The van der Waals surface area contributed by atoms with Gasteiger partial charge in [-0.05, 0) is 61.3 Å². The van der Waals surface area contributed by atoms with Crippen LogP contribution >= 0.6 is 23.1 Å². The topological polar surface area (TPSA) is 70.2 Å². The van der Waals surface area contributed by atoms with Gasteiger partial charge in [-0.3, -0.25) is 19.3 Å². The lowest BCUT2D eigenvalue weighted by Crippen LogP contribution is -2.42. The number of carbonyl (C=O) groups is 2. The van der Waals surface area contributed by atoms with Crippen LogP contribution in [0.3, 0.4) is 0 Å². The summed E-state index contributed by atoms with van der Waals surface area (Å²) in [5.41, 5.74) is 4.24. The molecule has 7 heteroatoms. The Hall–Kier alpha value is -2.64. The second kappa shape index (κ2) is 7.18. The summed E-state index contributed by atoms with van der Waals surface area (Å²) in [6, 6.07) is 16.1. The van der Waals surface area contributed by atoms with Gasteiger partial charge in [0.1, 0.15) is 0 Å². The Morgan fingerprint density at radius 3 is 2.35 bits per heavy atom. The molecule has 4 aliphatic rings. The number of rotatable bonds is 2. The third-order valence-corrected chi connectivity index (χ3v) is 11.1. The molecule has 2 aliphatic carbocycles. The highest BCUT2D eigenvalue weighted by Crippen LogP contribution is 2.68.